The minimum atomic E-state index is -3.01. The highest BCUT2D eigenvalue weighted by Crippen LogP contribution is 2.36. The molecule has 0 spiro atoms. The standard InChI is InChI=1S/C18H22N2O4S.C12H10BrNO2/c1-4-24-17(21)14-7-8-19-16-6-5-13(9-15(14)16)20-10-18(2,11-20)12-25(3,22)23;1-2-16-12(15)9-5-6-14-11-4-3-8(13)7-10(9)11/h5-9H,4,10-12H2,1-3H3;3-7H,2H2,1H3. The number of rotatable bonds is 7. The number of anilines is 1. The highest BCUT2D eigenvalue weighted by atomic mass is 79.9. The van der Waals surface area contributed by atoms with Gasteiger partial charge in [-0.1, -0.05) is 22.9 Å². The molecule has 0 N–H and O–H groups in total. The lowest BCUT2D eigenvalue weighted by atomic mass is 9.83. The van der Waals surface area contributed by atoms with Gasteiger partial charge in [-0.05, 0) is 62.4 Å². The number of sulfone groups is 1. The molecule has 11 heteroatoms. The van der Waals surface area contributed by atoms with Gasteiger partial charge < -0.3 is 14.4 Å². The molecule has 3 heterocycles. The summed E-state index contributed by atoms with van der Waals surface area (Å²) in [6.07, 6.45) is 4.48. The molecule has 1 aliphatic heterocycles. The molecule has 0 unspecified atom stereocenters. The Kier molecular flexibility index (Phi) is 9.28. The maximum absolute atomic E-state index is 12.2. The first kappa shape index (κ1) is 30.4. The normalized spacial score (nSPS) is 14.1. The van der Waals surface area contributed by atoms with Crippen LogP contribution in [0.3, 0.4) is 0 Å². The third kappa shape index (κ3) is 7.39. The molecule has 2 aromatic heterocycles. The van der Waals surface area contributed by atoms with Crippen molar-refractivity contribution < 1.29 is 27.5 Å². The lowest BCUT2D eigenvalue weighted by molar-refractivity contribution is 0.0519. The van der Waals surface area contributed by atoms with E-state index in [0.717, 1.165) is 32.0 Å². The number of aromatic nitrogens is 2. The van der Waals surface area contributed by atoms with E-state index in [1.807, 2.05) is 43.3 Å². The van der Waals surface area contributed by atoms with Crippen molar-refractivity contribution >= 4 is 65.2 Å². The summed E-state index contributed by atoms with van der Waals surface area (Å²) < 4.78 is 34.1. The van der Waals surface area contributed by atoms with E-state index < -0.39 is 9.84 Å². The molecule has 0 bridgehead atoms. The van der Waals surface area contributed by atoms with E-state index in [-0.39, 0.29) is 23.1 Å². The maximum Gasteiger partial charge on any atom is 0.338 e. The van der Waals surface area contributed by atoms with E-state index in [4.69, 9.17) is 9.47 Å². The second kappa shape index (κ2) is 12.5. The van der Waals surface area contributed by atoms with Gasteiger partial charge in [0.15, 0.2) is 0 Å². The fourth-order valence-electron chi connectivity index (χ4n) is 5.01. The molecule has 0 saturated carbocycles. The third-order valence-corrected chi connectivity index (χ3v) is 8.25. The summed E-state index contributed by atoms with van der Waals surface area (Å²) in [6.45, 7) is 7.57. The molecule has 0 aliphatic carbocycles. The maximum atomic E-state index is 12.2. The Morgan fingerprint density at radius 1 is 0.878 bits per heavy atom. The molecule has 5 rings (SSSR count). The van der Waals surface area contributed by atoms with Crippen LogP contribution in [0.2, 0.25) is 0 Å². The van der Waals surface area contributed by atoms with Gasteiger partial charge in [0.05, 0.1) is 41.1 Å². The topological polar surface area (TPSA) is 116 Å². The summed E-state index contributed by atoms with van der Waals surface area (Å²) in [7, 11) is -3.01. The largest absolute Gasteiger partial charge is 0.462 e. The van der Waals surface area contributed by atoms with E-state index in [2.05, 4.69) is 30.8 Å². The predicted molar refractivity (Wildman–Crippen MR) is 163 cm³/mol. The third-order valence-electron chi connectivity index (χ3n) is 6.54. The van der Waals surface area contributed by atoms with Gasteiger partial charge in [0.25, 0.3) is 0 Å². The van der Waals surface area contributed by atoms with Gasteiger partial charge in [0.2, 0.25) is 0 Å². The number of esters is 2. The molecule has 2 aromatic carbocycles. The van der Waals surface area contributed by atoms with Gasteiger partial charge >= 0.3 is 11.9 Å². The number of benzene rings is 2. The molecule has 0 radical (unpaired) electrons. The number of nitrogens with zero attached hydrogens (tertiary/aromatic N) is 3. The minimum Gasteiger partial charge on any atom is -0.462 e. The summed E-state index contributed by atoms with van der Waals surface area (Å²) in [4.78, 5) is 34.5. The van der Waals surface area contributed by atoms with Crippen LogP contribution in [-0.4, -0.2) is 68.6 Å². The Morgan fingerprint density at radius 2 is 1.39 bits per heavy atom. The second-order valence-electron chi connectivity index (χ2n) is 10.3. The van der Waals surface area contributed by atoms with Gasteiger partial charge in [-0.15, -0.1) is 0 Å². The first-order valence-electron chi connectivity index (χ1n) is 13.1. The molecule has 1 aliphatic rings. The number of hydrogen-bond acceptors (Lipinski definition) is 9. The molecular weight excluding hydrogens is 610 g/mol. The summed E-state index contributed by atoms with van der Waals surface area (Å²) in [5.41, 5.74) is 3.28. The summed E-state index contributed by atoms with van der Waals surface area (Å²) in [5.74, 6) is -0.495. The smallest absolute Gasteiger partial charge is 0.338 e. The van der Waals surface area contributed by atoms with Crippen molar-refractivity contribution in [3.63, 3.8) is 0 Å². The summed E-state index contributed by atoms with van der Waals surface area (Å²) in [6, 6.07) is 14.7. The van der Waals surface area contributed by atoms with Crippen molar-refractivity contribution in [2.75, 3.05) is 43.2 Å². The van der Waals surface area contributed by atoms with Crippen LogP contribution in [0.25, 0.3) is 21.8 Å². The molecule has 41 heavy (non-hydrogen) atoms. The molecule has 216 valence electrons. The Hall–Kier alpha value is -3.57. The van der Waals surface area contributed by atoms with Crippen LogP contribution in [0.5, 0.6) is 0 Å². The molecule has 1 saturated heterocycles. The van der Waals surface area contributed by atoms with Gasteiger partial charge in [-0.2, -0.15) is 0 Å². The molecule has 0 atom stereocenters. The van der Waals surface area contributed by atoms with E-state index in [0.29, 0.717) is 37.4 Å². The van der Waals surface area contributed by atoms with Gasteiger partial charge in [-0.25, -0.2) is 18.0 Å². The zero-order chi connectivity index (χ0) is 29.8. The number of carbonyl (C=O) groups is 2. The fourth-order valence-corrected chi connectivity index (χ4v) is 6.81. The van der Waals surface area contributed by atoms with Crippen LogP contribution in [0, 0.1) is 5.41 Å². The average Bonchev–Trinajstić information content (AvgIpc) is 2.90. The summed E-state index contributed by atoms with van der Waals surface area (Å²) >= 11 is 3.37. The van der Waals surface area contributed by atoms with Gasteiger partial charge in [0, 0.05) is 58.1 Å². The zero-order valence-electron chi connectivity index (χ0n) is 23.4. The lowest BCUT2D eigenvalue weighted by Gasteiger charge is -2.49. The van der Waals surface area contributed by atoms with E-state index in [1.54, 1.807) is 38.4 Å². The highest BCUT2D eigenvalue weighted by Gasteiger charge is 2.41. The quantitative estimate of drug-likeness (QED) is 0.243. The monoisotopic (exact) mass is 641 g/mol. The van der Waals surface area contributed by atoms with Gasteiger partial charge in [-0.3, -0.25) is 9.97 Å². The minimum absolute atomic E-state index is 0.180. The van der Waals surface area contributed by atoms with Crippen LogP contribution < -0.4 is 4.90 Å². The van der Waals surface area contributed by atoms with Gasteiger partial charge in [0.1, 0.15) is 9.84 Å². The van der Waals surface area contributed by atoms with Crippen molar-refractivity contribution in [1.29, 1.82) is 0 Å². The number of ether oxygens (including phenoxy) is 2. The molecule has 9 nitrogen and oxygen atoms in total. The number of halogens is 1. The van der Waals surface area contributed by atoms with Crippen molar-refractivity contribution in [2.24, 2.45) is 5.41 Å². The van der Waals surface area contributed by atoms with Crippen LogP contribution >= 0.6 is 15.9 Å². The zero-order valence-corrected chi connectivity index (χ0v) is 25.8. The first-order chi connectivity index (χ1) is 19.4. The average molecular weight is 643 g/mol. The second-order valence-corrected chi connectivity index (χ2v) is 13.3. The molecule has 0 amide bonds. The van der Waals surface area contributed by atoms with E-state index >= 15 is 0 Å². The Balaban J connectivity index is 0.000000208. The van der Waals surface area contributed by atoms with Crippen molar-refractivity contribution in [3.05, 3.63) is 76.5 Å². The molecular formula is C30H32BrN3O6S. The molecule has 4 aromatic rings. The molecule has 1 fully saturated rings. The fraction of sp³-hybridized carbons (Fsp3) is 0.333. The number of carbonyl (C=O) groups excluding carboxylic acids is 2. The van der Waals surface area contributed by atoms with Crippen LogP contribution in [0.15, 0.2) is 65.4 Å². The van der Waals surface area contributed by atoms with Crippen molar-refractivity contribution in [1.82, 2.24) is 9.97 Å². The highest BCUT2D eigenvalue weighted by molar-refractivity contribution is 9.10. The predicted octanol–water partition coefficient (Wildman–Crippen LogP) is 5.46. The van der Waals surface area contributed by atoms with E-state index in [9.17, 15) is 18.0 Å². The first-order valence-corrected chi connectivity index (χ1v) is 16.0. The van der Waals surface area contributed by atoms with Crippen LogP contribution in [-0.2, 0) is 19.3 Å². The Labute approximate surface area is 247 Å². The SMILES string of the molecule is CCOC(=O)c1ccnc2ccc(Br)cc12.CCOC(=O)c1ccnc2ccc(N3CC(C)(CS(C)(=O)=O)C3)cc12. The number of fused-ring (bicyclic) bond motifs is 2. The van der Waals surface area contributed by atoms with Crippen molar-refractivity contribution in [3.8, 4) is 0 Å². The van der Waals surface area contributed by atoms with Crippen molar-refractivity contribution in [2.45, 2.75) is 20.8 Å². The van der Waals surface area contributed by atoms with Crippen LogP contribution in [0.4, 0.5) is 5.69 Å². The summed E-state index contributed by atoms with van der Waals surface area (Å²) in [5, 5.41) is 1.55. The lowest BCUT2D eigenvalue weighted by Crippen LogP contribution is -2.57. The number of pyridine rings is 2. The Morgan fingerprint density at radius 3 is 1.90 bits per heavy atom. The van der Waals surface area contributed by atoms with Crippen LogP contribution in [0.1, 0.15) is 41.5 Å². The number of hydrogen-bond donors (Lipinski definition) is 0. The van der Waals surface area contributed by atoms with E-state index in [1.165, 1.54) is 6.26 Å². The Bertz CT molecular complexity index is 1700.